The molecular weight excluding hydrogens is 386 g/mol. The van der Waals surface area contributed by atoms with E-state index in [9.17, 15) is 19.7 Å². The van der Waals surface area contributed by atoms with Crippen molar-refractivity contribution in [3.05, 3.63) is 52.1 Å². The highest BCUT2D eigenvalue weighted by molar-refractivity contribution is 6.06. The highest BCUT2D eigenvalue weighted by Crippen LogP contribution is 2.52. The molecule has 1 aromatic carbocycles. The number of para-hydroxylation sites is 1. The van der Waals surface area contributed by atoms with Crippen molar-refractivity contribution in [1.82, 2.24) is 15.5 Å². The van der Waals surface area contributed by atoms with Gasteiger partial charge in [-0.2, -0.15) is 0 Å². The minimum absolute atomic E-state index is 0.0279. The minimum atomic E-state index is -0.422. The monoisotopic (exact) mass is 411 g/mol. The first-order chi connectivity index (χ1) is 14.5. The summed E-state index contributed by atoms with van der Waals surface area (Å²) in [7, 11) is 0. The Labute approximate surface area is 174 Å². The molecule has 1 saturated heterocycles. The molecule has 2 amide bonds. The van der Waals surface area contributed by atoms with Gasteiger partial charge in [0.25, 0.3) is 5.69 Å². The molecule has 1 heterocycles. The van der Waals surface area contributed by atoms with Crippen molar-refractivity contribution in [3.63, 3.8) is 0 Å². The summed E-state index contributed by atoms with van der Waals surface area (Å²) in [4.78, 5) is 42.0. The molecule has 30 heavy (non-hydrogen) atoms. The Morgan fingerprint density at radius 3 is 2.47 bits per heavy atom. The number of guanidine groups is 1. The van der Waals surface area contributed by atoms with Crippen LogP contribution in [0.25, 0.3) is 0 Å². The lowest BCUT2D eigenvalue weighted by atomic mass is 9.85. The van der Waals surface area contributed by atoms with Gasteiger partial charge in [-0.3, -0.25) is 24.6 Å². The van der Waals surface area contributed by atoms with Crippen molar-refractivity contribution < 1.29 is 14.5 Å². The van der Waals surface area contributed by atoms with Crippen LogP contribution < -0.4 is 10.6 Å². The number of fused-ring (bicyclic) bond motifs is 5. The molecule has 4 atom stereocenters. The first kappa shape index (κ1) is 20.1. The molecule has 9 nitrogen and oxygen atoms in total. The number of hydrogen-bond donors (Lipinski definition) is 2. The summed E-state index contributed by atoms with van der Waals surface area (Å²) in [6, 6.07) is 6.49. The topological polar surface area (TPSA) is 117 Å². The number of allylic oxidation sites excluding steroid dienone is 2. The Hall–Kier alpha value is -3.23. The van der Waals surface area contributed by atoms with E-state index in [-0.39, 0.29) is 54.3 Å². The van der Waals surface area contributed by atoms with Gasteiger partial charge in [-0.15, -0.1) is 0 Å². The third-order valence-corrected chi connectivity index (χ3v) is 6.13. The molecule has 9 heteroatoms. The number of aliphatic imine (C=N–C) groups is 1. The number of imide groups is 1. The fraction of sp³-hybridized carbons (Fsp3) is 0.476. The average molecular weight is 411 g/mol. The van der Waals surface area contributed by atoms with E-state index in [1.54, 1.807) is 18.2 Å². The summed E-state index contributed by atoms with van der Waals surface area (Å²) in [6.07, 6.45) is 5.08. The Balaban J connectivity index is 1.36. The molecule has 2 N–H and O–H groups in total. The van der Waals surface area contributed by atoms with Gasteiger partial charge in [0.1, 0.15) is 0 Å². The van der Waals surface area contributed by atoms with Crippen LogP contribution in [-0.4, -0.2) is 47.2 Å². The number of rotatable bonds is 7. The number of nitro groups is 1. The Kier molecular flexibility index (Phi) is 5.52. The molecule has 4 unspecified atom stereocenters. The van der Waals surface area contributed by atoms with Gasteiger partial charge in [0.05, 0.1) is 28.9 Å². The van der Waals surface area contributed by atoms with Gasteiger partial charge in [0.2, 0.25) is 11.8 Å². The number of nitro benzene ring substituents is 1. The quantitative estimate of drug-likeness (QED) is 0.175. The lowest BCUT2D eigenvalue weighted by Crippen LogP contribution is -2.43. The van der Waals surface area contributed by atoms with Gasteiger partial charge in [-0.25, -0.2) is 4.99 Å². The number of benzene rings is 1. The second-order valence-corrected chi connectivity index (χ2v) is 7.84. The Morgan fingerprint density at radius 2 is 1.83 bits per heavy atom. The van der Waals surface area contributed by atoms with E-state index in [1.807, 2.05) is 6.92 Å². The molecule has 4 rings (SSSR count). The maximum absolute atomic E-state index is 12.7. The zero-order valence-corrected chi connectivity index (χ0v) is 16.8. The van der Waals surface area contributed by atoms with E-state index in [2.05, 4.69) is 27.8 Å². The zero-order valence-electron chi connectivity index (χ0n) is 16.8. The van der Waals surface area contributed by atoms with Crippen molar-refractivity contribution in [1.29, 1.82) is 0 Å². The van der Waals surface area contributed by atoms with Gasteiger partial charge in [0.15, 0.2) is 5.96 Å². The highest BCUT2D eigenvalue weighted by atomic mass is 16.6. The molecular formula is C21H25N5O4. The number of hydrogen-bond acceptors (Lipinski definition) is 5. The maximum atomic E-state index is 12.7. The fourth-order valence-electron chi connectivity index (χ4n) is 4.80. The number of nitrogens with zero attached hydrogens (tertiary/aromatic N) is 3. The number of carbonyl (C=O) groups excluding carboxylic acids is 2. The van der Waals surface area contributed by atoms with Crippen LogP contribution in [0, 0.1) is 33.8 Å². The Bertz CT molecular complexity index is 898. The van der Waals surface area contributed by atoms with Crippen LogP contribution in [0.3, 0.4) is 0 Å². The van der Waals surface area contributed by atoms with E-state index in [0.717, 1.165) is 6.42 Å². The van der Waals surface area contributed by atoms with Crippen molar-refractivity contribution in [2.75, 3.05) is 19.6 Å². The molecule has 0 aromatic heterocycles. The van der Waals surface area contributed by atoms with Crippen molar-refractivity contribution >= 4 is 23.5 Å². The molecule has 3 aliphatic rings. The highest BCUT2D eigenvalue weighted by Gasteiger charge is 2.58. The van der Waals surface area contributed by atoms with Gasteiger partial charge in [-0.1, -0.05) is 30.4 Å². The van der Waals surface area contributed by atoms with Gasteiger partial charge in [0, 0.05) is 25.7 Å². The molecule has 2 fully saturated rings. The summed E-state index contributed by atoms with van der Waals surface area (Å²) in [5.74, 6) is 0.388. The number of likely N-dealkylation sites (tertiary alicyclic amines) is 1. The number of amides is 2. The lowest BCUT2D eigenvalue weighted by Gasteiger charge is -2.18. The fourth-order valence-corrected chi connectivity index (χ4v) is 4.80. The standard InChI is InChI=1S/C21H25N5O4/c1-2-22-21(24-12-15-5-3-4-6-16(15)26(29)30)23-9-10-25-19(27)17-13-7-8-14(11-13)18(17)20(25)28/h3-8,13-14,17-18H,2,9-12H2,1H3,(H2,22,23,24). The molecule has 0 spiro atoms. The summed E-state index contributed by atoms with van der Waals surface area (Å²) >= 11 is 0. The van der Waals surface area contributed by atoms with E-state index in [4.69, 9.17) is 0 Å². The molecule has 158 valence electrons. The van der Waals surface area contributed by atoms with Crippen LogP contribution in [0.1, 0.15) is 18.9 Å². The van der Waals surface area contributed by atoms with E-state index in [1.165, 1.54) is 11.0 Å². The second kappa shape index (κ2) is 8.25. The zero-order chi connectivity index (χ0) is 21.3. The van der Waals surface area contributed by atoms with Crippen molar-refractivity contribution in [2.45, 2.75) is 19.9 Å². The molecule has 2 aliphatic carbocycles. The van der Waals surface area contributed by atoms with Crippen molar-refractivity contribution in [3.8, 4) is 0 Å². The normalized spacial score (nSPS) is 27.0. The van der Waals surface area contributed by atoms with E-state index in [0.29, 0.717) is 24.6 Å². The van der Waals surface area contributed by atoms with Gasteiger partial charge >= 0.3 is 0 Å². The smallest absolute Gasteiger partial charge is 0.274 e. The SMILES string of the molecule is CCNC(=NCc1ccccc1[N+](=O)[O-])NCCN1C(=O)C2C3C=CC(C3)C2C1=O. The first-order valence-corrected chi connectivity index (χ1v) is 10.3. The predicted molar refractivity (Wildman–Crippen MR) is 110 cm³/mol. The van der Waals surface area contributed by atoms with Crippen LogP contribution in [0.15, 0.2) is 41.4 Å². The van der Waals surface area contributed by atoms with Crippen LogP contribution >= 0.6 is 0 Å². The minimum Gasteiger partial charge on any atom is -0.357 e. The van der Waals surface area contributed by atoms with Gasteiger partial charge in [-0.05, 0) is 25.2 Å². The van der Waals surface area contributed by atoms with Crippen LogP contribution in [-0.2, 0) is 16.1 Å². The molecule has 0 radical (unpaired) electrons. The summed E-state index contributed by atoms with van der Waals surface area (Å²) in [5, 5.41) is 17.4. The van der Waals surface area contributed by atoms with Crippen LogP contribution in [0.2, 0.25) is 0 Å². The number of carbonyl (C=O) groups is 2. The molecule has 1 saturated carbocycles. The Morgan fingerprint density at radius 1 is 1.17 bits per heavy atom. The summed E-state index contributed by atoms with van der Waals surface area (Å²) < 4.78 is 0. The maximum Gasteiger partial charge on any atom is 0.274 e. The summed E-state index contributed by atoms with van der Waals surface area (Å²) in [5.41, 5.74) is 0.542. The second-order valence-electron chi connectivity index (χ2n) is 7.84. The third kappa shape index (κ3) is 3.55. The largest absolute Gasteiger partial charge is 0.357 e. The van der Waals surface area contributed by atoms with Crippen LogP contribution in [0.4, 0.5) is 5.69 Å². The first-order valence-electron chi connectivity index (χ1n) is 10.3. The van der Waals surface area contributed by atoms with Crippen LogP contribution in [0.5, 0.6) is 0 Å². The molecule has 1 aliphatic heterocycles. The number of nitrogens with one attached hydrogen (secondary N) is 2. The van der Waals surface area contributed by atoms with Crippen molar-refractivity contribution in [2.24, 2.45) is 28.7 Å². The predicted octanol–water partition coefficient (Wildman–Crippen LogP) is 1.46. The van der Waals surface area contributed by atoms with E-state index < -0.39 is 4.92 Å². The third-order valence-electron chi connectivity index (χ3n) is 6.13. The van der Waals surface area contributed by atoms with Gasteiger partial charge < -0.3 is 10.6 Å². The molecule has 1 aromatic rings. The molecule has 2 bridgehead atoms. The lowest BCUT2D eigenvalue weighted by molar-refractivity contribution is -0.385. The summed E-state index contributed by atoms with van der Waals surface area (Å²) in [6.45, 7) is 3.32. The average Bonchev–Trinajstić information content (AvgIpc) is 3.41. The van der Waals surface area contributed by atoms with E-state index >= 15 is 0 Å².